The highest BCUT2D eigenvalue weighted by Crippen LogP contribution is 2.35. The second-order valence-corrected chi connectivity index (χ2v) is 10.6. The first-order valence-corrected chi connectivity index (χ1v) is 13.9. The fourth-order valence-corrected chi connectivity index (χ4v) is 5.47. The largest absolute Gasteiger partial charge is 0.477 e. The molecule has 4 heterocycles. The molecule has 2 aliphatic heterocycles. The molecule has 212 valence electrons. The number of aliphatic imine (C=N–C) groups is 1. The fraction of sp³-hybridized carbons (Fsp3) is 0.367. The van der Waals surface area contributed by atoms with Crippen molar-refractivity contribution in [1.82, 2.24) is 20.1 Å². The Bertz CT molecular complexity index is 1520. The Hall–Kier alpha value is -4.51. The van der Waals surface area contributed by atoms with Gasteiger partial charge in [0.15, 0.2) is 0 Å². The standard InChI is InChI=1S/C30H33N7O4/c1-4-27(38)33-20-14-22(15-20)41-21-8-7-11-40-29-23(16-31-36(29)3)25-13-19(12-18(2)32-25)28(39)35-30-34-24-9-5-6-10-26(24)37(30)17-21/h4-6,9-10,12-13,16,20-22H,1,7-8,11,14-15,17H2,2-3H3,(H,33,38)(H,34,35,39). The lowest BCUT2D eigenvalue weighted by atomic mass is 9.89. The number of ether oxygens (including phenoxy) is 2. The van der Waals surface area contributed by atoms with Crippen LogP contribution in [0.4, 0.5) is 11.4 Å². The smallest absolute Gasteiger partial charge is 0.280 e. The number of aryl methyl sites for hydroxylation is 2. The first-order valence-electron chi connectivity index (χ1n) is 13.9. The van der Waals surface area contributed by atoms with Crippen LogP contribution < -0.4 is 20.3 Å². The van der Waals surface area contributed by atoms with Crippen LogP contribution in [0.25, 0.3) is 11.3 Å². The Kier molecular flexibility index (Phi) is 7.27. The summed E-state index contributed by atoms with van der Waals surface area (Å²) in [5, 5.41) is 10.6. The van der Waals surface area contributed by atoms with Crippen molar-refractivity contribution >= 4 is 29.1 Å². The lowest BCUT2D eigenvalue weighted by Gasteiger charge is -2.38. The van der Waals surface area contributed by atoms with Crippen LogP contribution in [0.5, 0.6) is 5.88 Å². The molecule has 11 heteroatoms. The highest BCUT2D eigenvalue weighted by atomic mass is 16.5. The maximum absolute atomic E-state index is 13.5. The SMILES string of the molecule is C=CC(=O)NC1CC(OC2CCCOc3c(cnn3C)-c3cc(cc(C)n3)C(=O)/N=C3\Nc4ccccc4N3C2)C1. The number of hydrogen-bond donors (Lipinski definition) is 2. The van der Waals surface area contributed by atoms with E-state index in [9.17, 15) is 9.59 Å². The number of aromatic nitrogens is 3. The van der Waals surface area contributed by atoms with Crippen molar-refractivity contribution in [3.8, 4) is 17.1 Å². The summed E-state index contributed by atoms with van der Waals surface area (Å²) in [6, 6.07) is 11.4. The molecule has 2 N–H and O–H groups in total. The fourth-order valence-electron chi connectivity index (χ4n) is 5.47. The number of anilines is 2. The molecule has 2 amide bonds. The molecule has 2 bridgehead atoms. The average molecular weight is 556 g/mol. The monoisotopic (exact) mass is 555 g/mol. The summed E-state index contributed by atoms with van der Waals surface area (Å²) < 4.78 is 14.5. The van der Waals surface area contributed by atoms with Crippen molar-refractivity contribution in [2.24, 2.45) is 12.0 Å². The number of pyridine rings is 1. The molecule has 41 heavy (non-hydrogen) atoms. The summed E-state index contributed by atoms with van der Waals surface area (Å²) in [6.45, 7) is 6.33. The molecule has 1 unspecified atom stereocenters. The van der Waals surface area contributed by atoms with E-state index in [-0.39, 0.29) is 30.1 Å². The molecular formula is C30H33N7O4. The molecule has 3 aromatic rings. The first kappa shape index (κ1) is 26.7. The molecule has 1 aliphatic carbocycles. The summed E-state index contributed by atoms with van der Waals surface area (Å²) in [4.78, 5) is 36.4. The predicted octanol–water partition coefficient (Wildman–Crippen LogP) is 3.61. The van der Waals surface area contributed by atoms with E-state index >= 15 is 0 Å². The Labute approximate surface area is 238 Å². The second kappa shape index (κ2) is 11.2. The summed E-state index contributed by atoms with van der Waals surface area (Å²) in [7, 11) is 1.82. The summed E-state index contributed by atoms with van der Waals surface area (Å²) >= 11 is 0. The predicted molar refractivity (Wildman–Crippen MR) is 155 cm³/mol. The number of amides is 2. The van der Waals surface area contributed by atoms with Gasteiger partial charge in [0.05, 0.1) is 54.2 Å². The zero-order valence-corrected chi connectivity index (χ0v) is 23.2. The third-order valence-electron chi connectivity index (χ3n) is 7.57. The molecule has 2 aromatic heterocycles. The minimum Gasteiger partial charge on any atom is -0.477 e. The van der Waals surface area contributed by atoms with E-state index in [2.05, 4.69) is 32.3 Å². The van der Waals surface area contributed by atoms with E-state index in [1.807, 2.05) is 43.1 Å². The van der Waals surface area contributed by atoms with Crippen molar-refractivity contribution in [2.75, 3.05) is 23.4 Å². The number of hydrogen-bond acceptors (Lipinski definition) is 8. The average Bonchev–Trinajstić information content (AvgIpc) is 3.48. The molecule has 1 atom stereocenters. The van der Waals surface area contributed by atoms with Crippen LogP contribution in [-0.4, -0.2) is 63.9 Å². The van der Waals surface area contributed by atoms with E-state index in [0.29, 0.717) is 41.9 Å². The highest BCUT2D eigenvalue weighted by Gasteiger charge is 2.35. The topological polar surface area (TPSA) is 123 Å². The second-order valence-electron chi connectivity index (χ2n) is 10.6. The van der Waals surface area contributed by atoms with Gasteiger partial charge in [-0.25, -0.2) is 4.68 Å². The molecule has 1 aromatic carbocycles. The number of para-hydroxylation sites is 2. The zero-order valence-electron chi connectivity index (χ0n) is 23.2. The third-order valence-corrected chi connectivity index (χ3v) is 7.57. The maximum Gasteiger partial charge on any atom is 0.280 e. The Morgan fingerprint density at radius 3 is 2.90 bits per heavy atom. The van der Waals surface area contributed by atoms with Crippen molar-refractivity contribution in [2.45, 2.75) is 50.9 Å². The number of guanidine groups is 1. The minimum atomic E-state index is -0.379. The van der Waals surface area contributed by atoms with E-state index < -0.39 is 0 Å². The molecule has 6 rings (SSSR count). The summed E-state index contributed by atoms with van der Waals surface area (Å²) in [5.41, 5.74) is 4.26. The highest BCUT2D eigenvalue weighted by molar-refractivity contribution is 6.19. The van der Waals surface area contributed by atoms with Gasteiger partial charge in [0.2, 0.25) is 17.7 Å². The van der Waals surface area contributed by atoms with Gasteiger partial charge in [-0.3, -0.25) is 14.6 Å². The number of nitrogens with one attached hydrogen (secondary N) is 2. The van der Waals surface area contributed by atoms with Gasteiger partial charge in [-0.15, -0.1) is 0 Å². The van der Waals surface area contributed by atoms with E-state index in [0.717, 1.165) is 42.6 Å². The number of fused-ring (bicyclic) bond motifs is 7. The van der Waals surface area contributed by atoms with Gasteiger partial charge in [-0.05, 0) is 62.9 Å². The minimum absolute atomic E-state index is 0.0187. The van der Waals surface area contributed by atoms with Crippen LogP contribution in [0.15, 0.2) is 60.2 Å². The van der Waals surface area contributed by atoms with Crippen molar-refractivity contribution in [3.63, 3.8) is 0 Å². The number of carbonyl (C=O) groups excluding carboxylic acids is 2. The Morgan fingerprint density at radius 2 is 2.07 bits per heavy atom. The van der Waals surface area contributed by atoms with Crippen LogP contribution in [0.3, 0.4) is 0 Å². The van der Waals surface area contributed by atoms with Gasteiger partial charge in [0.25, 0.3) is 5.91 Å². The van der Waals surface area contributed by atoms with Gasteiger partial charge in [0.1, 0.15) is 0 Å². The van der Waals surface area contributed by atoms with Gasteiger partial charge >= 0.3 is 0 Å². The van der Waals surface area contributed by atoms with Crippen LogP contribution in [0, 0.1) is 6.92 Å². The molecule has 0 saturated heterocycles. The molecule has 3 aliphatic rings. The summed E-state index contributed by atoms with van der Waals surface area (Å²) in [5.74, 6) is 0.500. The molecule has 0 spiro atoms. The number of carbonyl (C=O) groups is 2. The van der Waals surface area contributed by atoms with Crippen LogP contribution in [0.1, 0.15) is 41.7 Å². The Balaban J connectivity index is 1.32. The maximum atomic E-state index is 13.5. The van der Waals surface area contributed by atoms with E-state index in [4.69, 9.17) is 9.47 Å². The van der Waals surface area contributed by atoms with Crippen molar-refractivity contribution in [1.29, 1.82) is 0 Å². The van der Waals surface area contributed by atoms with Gasteiger partial charge in [-0.2, -0.15) is 10.1 Å². The third kappa shape index (κ3) is 5.58. The van der Waals surface area contributed by atoms with Gasteiger partial charge in [0, 0.05) is 24.3 Å². The molecule has 1 fully saturated rings. The van der Waals surface area contributed by atoms with Crippen LogP contribution >= 0.6 is 0 Å². The molecular weight excluding hydrogens is 522 g/mol. The van der Waals surface area contributed by atoms with Gasteiger partial charge in [-0.1, -0.05) is 18.7 Å². The van der Waals surface area contributed by atoms with Crippen LogP contribution in [-0.2, 0) is 16.6 Å². The van der Waals surface area contributed by atoms with Gasteiger partial charge < -0.3 is 25.0 Å². The quantitative estimate of drug-likeness (QED) is 0.468. The number of rotatable bonds is 4. The van der Waals surface area contributed by atoms with Crippen molar-refractivity contribution in [3.05, 3.63) is 66.5 Å². The van der Waals surface area contributed by atoms with E-state index in [1.165, 1.54) is 6.08 Å². The molecule has 1 saturated carbocycles. The first-order chi connectivity index (χ1) is 19.9. The Morgan fingerprint density at radius 1 is 1.24 bits per heavy atom. The molecule has 0 radical (unpaired) electrons. The lowest BCUT2D eigenvalue weighted by Crippen LogP contribution is -2.49. The van der Waals surface area contributed by atoms with E-state index in [1.54, 1.807) is 23.0 Å². The lowest BCUT2D eigenvalue weighted by molar-refractivity contribution is -0.120. The van der Waals surface area contributed by atoms with Crippen LogP contribution in [0.2, 0.25) is 0 Å². The number of nitrogens with zero attached hydrogens (tertiary/aromatic N) is 5. The normalized spacial score (nSPS) is 23.2. The molecule has 11 nitrogen and oxygen atoms in total. The zero-order chi connectivity index (χ0) is 28.5. The number of benzene rings is 1. The summed E-state index contributed by atoms with van der Waals surface area (Å²) in [6.07, 6.45) is 5.77. The van der Waals surface area contributed by atoms with Crippen molar-refractivity contribution < 1.29 is 19.1 Å².